The van der Waals surface area contributed by atoms with Gasteiger partial charge in [0.05, 0.1) is 7.11 Å². The first-order valence-corrected chi connectivity index (χ1v) is 4.20. The van der Waals surface area contributed by atoms with Gasteiger partial charge in [0, 0.05) is 12.0 Å². The lowest BCUT2D eigenvalue weighted by Crippen LogP contribution is -2.02. The van der Waals surface area contributed by atoms with Crippen molar-refractivity contribution in [1.82, 2.24) is 0 Å². The lowest BCUT2D eigenvalue weighted by Gasteiger charge is -2.08. The number of carbonyl (C=O) groups excluding carboxylic acids is 1. The van der Waals surface area contributed by atoms with Crippen LogP contribution in [0.15, 0.2) is 6.07 Å². The summed E-state index contributed by atoms with van der Waals surface area (Å²) in [7, 11) is 1.19. The van der Waals surface area contributed by atoms with Crippen LogP contribution in [0.1, 0.15) is 12.5 Å². The van der Waals surface area contributed by atoms with Gasteiger partial charge in [-0.3, -0.25) is 4.79 Å². The molecular weight excluding hydrogens is 206 g/mol. The third-order valence-corrected chi connectivity index (χ3v) is 1.88. The molecule has 3 nitrogen and oxygen atoms in total. The van der Waals surface area contributed by atoms with Crippen molar-refractivity contribution < 1.29 is 23.4 Å². The van der Waals surface area contributed by atoms with Crippen molar-refractivity contribution in [2.24, 2.45) is 0 Å². The normalized spacial score (nSPS) is 10.1. The van der Waals surface area contributed by atoms with Crippen molar-refractivity contribution in [3.8, 4) is 11.5 Å². The second-order valence-corrected chi connectivity index (χ2v) is 3.09. The smallest absolute Gasteiger partial charge is 0.209 e. The maximum atomic E-state index is 13.2. The van der Waals surface area contributed by atoms with Gasteiger partial charge < -0.3 is 9.84 Å². The SMILES string of the molecule is COc1cc(CC(C)=O)c(F)c(O)c1F. The molecule has 0 unspecified atom stereocenters. The van der Waals surface area contributed by atoms with Gasteiger partial charge in [0.25, 0.3) is 0 Å². The summed E-state index contributed by atoms with van der Waals surface area (Å²) in [6, 6.07) is 1.06. The highest BCUT2D eigenvalue weighted by atomic mass is 19.1. The van der Waals surface area contributed by atoms with Crippen LogP contribution < -0.4 is 4.74 Å². The second kappa shape index (κ2) is 4.25. The molecule has 1 N–H and O–H groups in total. The number of carbonyl (C=O) groups is 1. The molecule has 82 valence electrons. The minimum Gasteiger partial charge on any atom is -0.503 e. The Morgan fingerprint density at radius 2 is 2.07 bits per heavy atom. The van der Waals surface area contributed by atoms with Crippen LogP contribution >= 0.6 is 0 Å². The maximum Gasteiger partial charge on any atom is 0.209 e. The number of methoxy groups -OCH3 is 1. The minimum atomic E-state index is -1.16. The average molecular weight is 216 g/mol. The number of phenols is 1. The Morgan fingerprint density at radius 3 is 2.53 bits per heavy atom. The van der Waals surface area contributed by atoms with Crippen LogP contribution in [0.4, 0.5) is 8.78 Å². The molecule has 0 radical (unpaired) electrons. The van der Waals surface area contributed by atoms with E-state index < -0.39 is 17.4 Å². The molecule has 0 saturated heterocycles. The van der Waals surface area contributed by atoms with E-state index in [1.807, 2.05) is 0 Å². The van der Waals surface area contributed by atoms with Crippen molar-refractivity contribution in [3.63, 3.8) is 0 Å². The van der Waals surface area contributed by atoms with E-state index in [9.17, 15) is 13.6 Å². The minimum absolute atomic E-state index is 0.0850. The zero-order valence-electron chi connectivity index (χ0n) is 8.30. The van der Waals surface area contributed by atoms with E-state index >= 15 is 0 Å². The number of Topliss-reactive ketones (excluding diaryl/α,β-unsaturated/α-hetero) is 1. The highest BCUT2D eigenvalue weighted by molar-refractivity contribution is 5.78. The molecular formula is C10H10F2O3. The first kappa shape index (κ1) is 11.4. The topological polar surface area (TPSA) is 46.5 Å². The van der Waals surface area contributed by atoms with Gasteiger partial charge in [-0.25, -0.2) is 4.39 Å². The Bertz CT molecular complexity index is 402. The van der Waals surface area contributed by atoms with Gasteiger partial charge in [0.2, 0.25) is 5.82 Å². The molecule has 15 heavy (non-hydrogen) atoms. The van der Waals surface area contributed by atoms with E-state index in [-0.39, 0.29) is 23.5 Å². The summed E-state index contributed by atoms with van der Waals surface area (Å²) in [5.41, 5.74) is -0.0850. The third kappa shape index (κ3) is 2.23. The Labute approximate surface area is 85.3 Å². The summed E-state index contributed by atoms with van der Waals surface area (Å²) in [6.07, 6.45) is -0.212. The predicted octanol–water partition coefficient (Wildman–Crippen LogP) is 1.81. The van der Waals surface area contributed by atoms with Gasteiger partial charge in [0.1, 0.15) is 5.78 Å². The predicted molar refractivity (Wildman–Crippen MR) is 49.0 cm³/mol. The van der Waals surface area contributed by atoms with Crippen LogP contribution in [-0.4, -0.2) is 18.0 Å². The van der Waals surface area contributed by atoms with Crippen molar-refractivity contribution >= 4 is 5.78 Å². The maximum absolute atomic E-state index is 13.2. The number of halogens is 2. The molecule has 0 atom stereocenters. The fraction of sp³-hybridized carbons (Fsp3) is 0.300. The summed E-state index contributed by atoms with van der Waals surface area (Å²) in [4.78, 5) is 10.8. The average Bonchev–Trinajstić information content (AvgIpc) is 2.18. The van der Waals surface area contributed by atoms with E-state index in [0.29, 0.717) is 0 Å². The van der Waals surface area contributed by atoms with Crippen LogP contribution in [0.2, 0.25) is 0 Å². The fourth-order valence-electron chi connectivity index (χ4n) is 1.20. The second-order valence-electron chi connectivity index (χ2n) is 3.09. The number of benzene rings is 1. The molecule has 0 aliphatic heterocycles. The number of phenolic OH excluding ortho intramolecular Hbond substituents is 1. The van der Waals surface area contributed by atoms with Crippen molar-refractivity contribution in [3.05, 3.63) is 23.3 Å². The van der Waals surface area contributed by atoms with Gasteiger partial charge in [-0.15, -0.1) is 0 Å². The summed E-state index contributed by atoms with van der Waals surface area (Å²) in [5, 5.41) is 9.07. The van der Waals surface area contributed by atoms with Gasteiger partial charge in [-0.1, -0.05) is 0 Å². The lowest BCUT2D eigenvalue weighted by atomic mass is 10.1. The molecule has 1 aromatic carbocycles. The molecule has 0 fully saturated rings. The number of ether oxygens (including phenoxy) is 1. The number of hydrogen-bond acceptors (Lipinski definition) is 3. The molecule has 0 bridgehead atoms. The summed E-state index contributed by atoms with van der Waals surface area (Å²) in [5.74, 6) is -3.98. The van der Waals surface area contributed by atoms with Gasteiger partial charge in [0.15, 0.2) is 17.3 Å². The summed E-state index contributed by atoms with van der Waals surface area (Å²) in [6.45, 7) is 1.27. The lowest BCUT2D eigenvalue weighted by molar-refractivity contribution is -0.116. The molecule has 0 spiro atoms. The zero-order chi connectivity index (χ0) is 11.6. The standard InChI is InChI=1S/C10H10F2O3/c1-5(13)3-6-4-7(15-2)9(12)10(14)8(6)11/h4,14H,3H2,1-2H3. The molecule has 0 aromatic heterocycles. The van der Waals surface area contributed by atoms with Crippen LogP contribution in [-0.2, 0) is 11.2 Å². The van der Waals surface area contributed by atoms with Crippen molar-refractivity contribution in [2.75, 3.05) is 7.11 Å². The molecule has 0 aliphatic carbocycles. The first-order valence-electron chi connectivity index (χ1n) is 4.20. The number of ketones is 1. The highest BCUT2D eigenvalue weighted by Gasteiger charge is 2.18. The number of hydrogen-bond donors (Lipinski definition) is 1. The molecule has 1 rings (SSSR count). The Kier molecular flexibility index (Phi) is 3.24. The molecule has 0 heterocycles. The molecule has 5 heteroatoms. The highest BCUT2D eigenvalue weighted by Crippen LogP contribution is 2.31. The van der Waals surface area contributed by atoms with Crippen LogP contribution in [0.3, 0.4) is 0 Å². The van der Waals surface area contributed by atoms with Gasteiger partial charge >= 0.3 is 0 Å². The molecule has 0 aliphatic rings. The van der Waals surface area contributed by atoms with E-state index in [0.717, 1.165) is 6.07 Å². The van der Waals surface area contributed by atoms with Crippen molar-refractivity contribution in [1.29, 1.82) is 0 Å². The quantitative estimate of drug-likeness (QED) is 0.838. The van der Waals surface area contributed by atoms with Gasteiger partial charge in [-0.05, 0) is 13.0 Å². The monoisotopic (exact) mass is 216 g/mol. The van der Waals surface area contributed by atoms with Crippen LogP contribution in [0, 0.1) is 11.6 Å². The Morgan fingerprint density at radius 1 is 1.47 bits per heavy atom. The molecule has 1 aromatic rings. The number of rotatable bonds is 3. The van der Waals surface area contributed by atoms with E-state index in [1.165, 1.54) is 14.0 Å². The van der Waals surface area contributed by atoms with Crippen LogP contribution in [0.25, 0.3) is 0 Å². The number of aromatic hydroxyl groups is 1. The molecule has 0 amide bonds. The largest absolute Gasteiger partial charge is 0.503 e. The summed E-state index contributed by atoms with van der Waals surface area (Å²) >= 11 is 0. The first-order chi connectivity index (χ1) is 6.97. The zero-order valence-corrected chi connectivity index (χ0v) is 8.30. The Balaban J connectivity index is 3.28. The Hall–Kier alpha value is -1.65. The third-order valence-electron chi connectivity index (χ3n) is 1.88. The fourth-order valence-corrected chi connectivity index (χ4v) is 1.20. The van der Waals surface area contributed by atoms with E-state index in [1.54, 1.807) is 0 Å². The summed E-state index contributed by atoms with van der Waals surface area (Å²) < 4.78 is 30.9. The van der Waals surface area contributed by atoms with Crippen molar-refractivity contribution in [2.45, 2.75) is 13.3 Å². The molecule has 0 saturated carbocycles. The van der Waals surface area contributed by atoms with Gasteiger partial charge in [-0.2, -0.15) is 4.39 Å². The van der Waals surface area contributed by atoms with E-state index in [2.05, 4.69) is 4.74 Å². The van der Waals surface area contributed by atoms with E-state index in [4.69, 9.17) is 5.11 Å². The van der Waals surface area contributed by atoms with Crippen LogP contribution in [0.5, 0.6) is 11.5 Å².